The summed E-state index contributed by atoms with van der Waals surface area (Å²) in [6.07, 6.45) is 3.22. The Balaban J connectivity index is 1.60. The molecule has 0 radical (unpaired) electrons. The van der Waals surface area contributed by atoms with Gasteiger partial charge in [0.25, 0.3) is 0 Å². The van der Waals surface area contributed by atoms with Crippen LogP contribution >= 0.6 is 11.3 Å². The zero-order valence-corrected chi connectivity index (χ0v) is 12.8. The van der Waals surface area contributed by atoms with E-state index in [9.17, 15) is 4.39 Å². The molecule has 112 valence electrons. The molecule has 3 nitrogen and oxygen atoms in total. The highest BCUT2D eigenvalue weighted by molar-refractivity contribution is 7.11. The summed E-state index contributed by atoms with van der Waals surface area (Å²) < 4.78 is 18.4. The van der Waals surface area contributed by atoms with Crippen molar-refractivity contribution in [3.05, 3.63) is 45.7 Å². The number of benzene rings is 1. The van der Waals surface area contributed by atoms with Crippen LogP contribution in [-0.2, 0) is 6.42 Å². The van der Waals surface area contributed by atoms with Gasteiger partial charge in [0.05, 0.1) is 17.3 Å². The lowest BCUT2D eigenvalue weighted by atomic mass is 10.2. The van der Waals surface area contributed by atoms with E-state index in [1.807, 2.05) is 6.92 Å². The molecule has 2 N–H and O–H groups in total. The zero-order chi connectivity index (χ0) is 14.8. The average molecular weight is 306 g/mol. The van der Waals surface area contributed by atoms with Gasteiger partial charge in [0.15, 0.2) is 0 Å². The fraction of sp³-hybridized carbons (Fsp3) is 0.438. The topological polar surface area (TPSA) is 48.1 Å². The van der Waals surface area contributed by atoms with Crippen LogP contribution in [0, 0.1) is 5.82 Å². The Bertz CT molecular complexity index is 586. The van der Waals surface area contributed by atoms with E-state index in [0.29, 0.717) is 18.3 Å². The van der Waals surface area contributed by atoms with Gasteiger partial charge in [-0.3, -0.25) is 0 Å². The van der Waals surface area contributed by atoms with E-state index in [1.165, 1.54) is 35.5 Å². The predicted molar refractivity (Wildman–Crippen MR) is 82.3 cm³/mol. The summed E-state index contributed by atoms with van der Waals surface area (Å²) in [5.74, 6) is 1.05. The molecule has 1 aromatic carbocycles. The lowest BCUT2D eigenvalue weighted by molar-refractivity contribution is 0.321. The maximum Gasteiger partial charge on any atom is 0.123 e. The highest BCUT2D eigenvalue weighted by Gasteiger charge is 2.30. The lowest BCUT2D eigenvalue weighted by Crippen LogP contribution is -2.05. The summed E-state index contributed by atoms with van der Waals surface area (Å²) in [4.78, 5) is 5.95. The minimum Gasteiger partial charge on any atom is -0.493 e. The van der Waals surface area contributed by atoms with Gasteiger partial charge in [-0.2, -0.15) is 0 Å². The third-order valence-corrected chi connectivity index (χ3v) is 4.83. The van der Waals surface area contributed by atoms with Crippen LogP contribution in [0.3, 0.4) is 0 Å². The van der Waals surface area contributed by atoms with Crippen LogP contribution in [0.15, 0.2) is 24.3 Å². The van der Waals surface area contributed by atoms with Crippen LogP contribution in [-0.4, -0.2) is 11.6 Å². The Morgan fingerprint density at radius 1 is 1.38 bits per heavy atom. The molecule has 1 unspecified atom stereocenters. The number of hydrogen-bond acceptors (Lipinski definition) is 4. The minimum atomic E-state index is -0.252. The molecule has 1 saturated carbocycles. The molecule has 0 bridgehead atoms. The van der Waals surface area contributed by atoms with Crippen molar-refractivity contribution >= 4 is 11.3 Å². The monoisotopic (exact) mass is 306 g/mol. The van der Waals surface area contributed by atoms with Crippen LogP contribution in [0.25, 0.3) is 0 Å². The van der Waals surface area contributed by atoms with Crippen molar-refractivity contribution in [2.45, 2.75) is 38.1 Å². The van der Waals surface area contributed by atoms with Gasteiger partial charge in [0.2, 0.25) is 0 Å². The number of aromatic nitrogens is 1. The normalized spacial score (nSPS) is 16.0. The zero-order valence-electron chi connectivity index (χ0n) is 12.0. The van der Waals surface area contributed by atoms with Crippen LogP contribution in [0.5, 0.6) is 5.75 Å². The summed E-state index contributed by atoms with van der Waals surface area (Å²) >= 11 is 1.70. The lowest BCUT2D eigenvalue weighted by Gasteiger charge is -2.04. The molecule has 1 aliphatic rings. The van der Waals surface area contributed by atoms with Crippen molar-refractivity contribution in [2.24, 2.45) is 5.73 Å². The Hall–Kier alpha value is -1.46. The quantitative estimate of drug-likeness (QED) is 0.883. The van der Waals surface area contributed by atoms with Crippen molar-refractivity contribution < 1.29 is 9.13 Å². The van der Waals surface area contributed by atoms with Gasteiger partial charge >= 0.3 is 0 Å². The SMILES string of the molecule is CC(N)c1sc(CCOc2ccc(F)cc2)nc1C1CC1. The average Bonchev–Trinajstić information content (AvgIpc) is 3.21. The van der Waals surface area contributed by atoms with E-state index in [-0.39, 0.29) is 11.9 Å². The number of ether oxygens (including phenoxy) is 1. The molecule has 1 aromatic heterocycles. The third-order valence-electron chi connectivity index (χ3n) is 3.50. The Morgan fingerprint density at radius 3 is 2.71 bits per heavy atom. The van der Waals surface area contributed by atoms with Crippen molar-refractivity contribution in [3.8, 4) is 5.75 Å². The van der Waals surface area contributed by atoms with Crippen LogP contribution in [0.1, 0.15) is 47.3 Å². The van der Waals surface area contributed by atoms with Crippen molar-refractivity contribution in [3.63, 3.8) is 0 Å². The first-order chi connectivity index (χ1) is 10.1. The molecule has 1 fully saturated rings. The van der Waals surface area contributed by atoms with E-state index < -0.39 is 0 Å². The molecule has 0 aliphatic heterocycles. The Morgan fingerprint density at radius 2 is 2.10 bits per heavy atom. The number of nitrogens with two attached hydrogens (primary N) is 1. The van der Waals surface area contributed by atoms with Gasteiger partial charge in [-0.05, 0) is 44.0 Å². The second kappa shape index (κ2) is 6.12. The van der Waals surface area contributed by atoms with E-state index in [4.69, 9.17) is 15.5 Å². The standard InChI is InChI=1S/C16H19FN2OS/c1-10(18)16-15(11-2-3-11)19-14(21-16)8-9-20-13-6-4-12(17)5-7-13/h4-7,10-11H,2-3,8-9,18H2,1H3. The minimum absolute atomic E-state index is 0.0462. The first kappa shape index (κ1) is 14.5. The van der Waals surface area contributed by atoms with Gasteiger partial charge in [-0.1, -0.05) is 0 Å². The van der Waals surface area contributed by atoms with Gasteiger partial charge < -0.3 is 10.5 Å². The van der Waals surface area contributed by atoms with E-state index >= 15 is 0 Å². The Kier molecular flexibility index (Phi) is 4.22. The highest BCUT2D eigenvalue weighted by atomic mass is 32.1. The van der Waals surface area contributed by atoms with E-state index in [2.05, 4.69) is 0 Å². The summed E-state index contributed by atoms with van der Waals surface area (Å²) in [6, 6.07) is 6.13. The van der Waals surface area contributed by atoms with Crippen molar-refractivity contribution in [1.82, 2.24) is 4.98 Å². The molecule has 2 aromatic rings. The van der Waals surface area contributed by atoms with Crippen molar-refractivity contribution in [1.29, 1.82) is 0 Å². The van der Waals surface area contributed by atoms with Crippen molar-refractivity contribution in [2.75, 3.05) is 6.61 Å². The molecule has 5 heteroatoms. The molecule has 0 saturated heterocycles. The first-order valence-electron chi connectivity index (χ1n) is 7.27. The summed E-state index contributed by atoms with van der Waals surface area (Å²) in [5, 5.41) is 1.08. The molecule has 0 spiro atoms. The number of halogens is 1. The fourth-order valence-electron chi connectivity index (χ4n) is 2.26. The van der Waals surface area contributed by atoms with Gasteiger partial charge in [-0.15, -0.1) is 11.3 Å². The van der Waals surface area contributed by atoms with Crippen LogP contribution in [0.2, 0.25) is 0 Å². The molecule has 3 rings (SSSR count). The van der Waals surface area contributed by atoms with Crippen LogP contribution < -0.4 is 10.5 Å². The Labute approximate surface area is 128 Å². The maximum atomic E-state index is 12.8. The molecule has 1 atom stereocenters. The van der Waals surface area contributed by atoms with E-state index in [0.717, 1.165) is 11.4 Å². The number of thiazole rings is 1. The summed E-state index contributed by atoms with van der Waals surface area (Å²) in [5.41, 5.74) is 7.23. The number of nitrogens with zero attached hydrogens (tertiary/aromatic N) is 1. The largest absolute Gasteiger partial charge is 0.493 e. The molecule has 21 heavy (non-hydrogen) atoms. The summed E-state index contributed by atoms with van der Waals surface area (Å²) in [6.45, 7) is 2.56. The highest BCUT2D eigenvalue weighted by Crippen LogP contribution is 2.44. The molecule has 0 amide bonds. The predicted octanol–water partition coefficient (Wildman–Crippen LogP) is 3.80. The van der Waals surface area contributed by atoms with Crippen LogP contribution in [0.4, 0.5) is 4.39 Å². The molecule has 1 aliphatic carbocycles. The molecular formula is C16H19FN2OS. The molecule has 1 heterocycles. The fourth-order valence-corrected chi connectivity index (χ4v) is 3.35. The van der Waals surface area contributed by atoms with Gasteiger partial charge in [0.1, 0.15) is 11.6 Å². The second-order valence-electron chi connectivity index (χ2n) is 5.47. The number of hydrogen-bond donors (Lipinski definition) is 1. The second-order valence-corrected chi connectivity index (χ2v) is 6.59. The smallest absolute Gasteiger partial charge is 0.123 e. The van der Waals surface area contributed by atoms with E-state index in [1.54, 1.807) is 23.5 Å². The summed E-state index contributed by atoms with van der Waals surface area (Å²) in [7, 11) is 0. The maximum absolute atomic E-state index is 12.8. The first-order valence-corrected chi connectivity index (χ1v) is 8.08. The third kappa shape index (κ3) is 3.60. The number of rotatable bonds is 6. The van der Waals surface area contributed by atoms with Gasteiger partial charge in [0, 0.05) is 23.3 Å². The van der Waals surface area contributed by atoms with Gasteiger partial charge in [-0.25, -0.2) is 9.37 Å². The molecular weight excluding hydrogens is 287 g/mol.